The normalized spacial score (nSPS) is 9.71. The molecule has 0 bridgehead atoms. The molecule has 92 valence electrons. The van der Waals surface area contributed by atoms with Crippen LogP contribution in [0.2, 0.25) is 0 Å². The van der Waals surface area contributed by atoms with Gasteiger partial charge >= 0.3 is 0 Å². The fourth-order valence-corrected chi connectivity index (χ4v) is 1.17. The van der Waals surface area contributed by atoms with Crippen LogP contribution >= 0.6 is 0 Å². The number of hydrogen-bond donors (Lipinski definition) is 3. The molecule has 0 saturated carbocycles. The van der Waals surface area contributed by atoms with Crippen LogP contribution in [-0.2, 0) is 4.79 Å². The molecule has 0 unspecified atom stereocenters. The van der Waals surface area contributed by atoms with Gasteiger partial charge in [-0.15, -0.1) is 0 Å². The van der Waals surface area contributed by atoms with Gasteiger partial charge in [0.05, 0.1) is 18.1 Å². The van der Waals surface area contributed by atoms with E-state index in [0.717, 1.165) is 0 Å². The van der Waals surface area contributed by atoms with Gasteiger partial charge in [-0.3, -0.25) is 14.9 Å². The summed E-state index contributed by atoms with van der Waals surface area (Å²) in [5.41, 5.74) is 0.462. The first-order valence-electron chi connectivity index (χ1n) is 4.99. The van der Waals surface area contributed by atoms with Gasteiger partial charge in [0.25, 0.3) is 5.69 Å². The van der Waals surface area contributed by atoms with Gasteiger partial charge in [0.15, 0.2) is 0 Å². The summed E-state index contributed by atoms with van der Waals surface area (Å²) in [4.78, 5) is 21.2. The van der Waals surface area contributed by atoms with Gasteiger partial charge in [-0.2, -0.15) is 0 Å². The predicted octanol–water partition coefficient (Wildman–Crippen LogP) is 0.115. The Balaban J connectivity index is 2.49. The maximum absolute atomic E-state index is 11.2. The predicted molar refractivity (Wildman–Crippen MR) is 61.7 cm³/mol. The number of carbonyl (C=O) groups excluding carboxylic acids is 1. The average molecular weight is 239 g/mol. The summed E-state index contributed by atoms with van der Waals surface area (Å²) in [6, 6.07) is 5.88. The Hall–Kier alpha value is -2.15. The van der Waals surface area contributed by atoms with Gasteiger partial charge in [0, 0.05) is 24.4 Å². The Kier molecular flexibility index (Phi) is 4.89. The molecule has 0 aromatic heterocycles. The van der Waals surface area contributed by atoms with E-state index in [1.807, 2.05) is 0 Å². The van der Waals surface area contributed by atoms with Crippen LogP contribution < -0.4 is 10.6 Å². The van der Waals surface area contributed by atoms with Crippen molar-refractivity contribution in [3.63, 3.8) is 0 Å². The monoisotopic (exact) mass is 239 g/mol. The van der Waals surface area contributed by atoms with Crippen molar-refractivity contribution >= 4 is 17.3 Å². The maximum atomic E-state index is 11.2. The summed E-state index contributed by atoms with van der Waals surface area (Å²) in [6.45, 7) is 0.0686. The van der Waals surface area contributed by atoms with Crippen molar-refractivity contribution in [2.45, 2.75) is 0 Å². The molecule has 0 spiro atoms. The number of aliphatic hydroxyl groups is 1. The van der Waals surface area contributed by atoms with E-state index in [4.69, 9.17) is 5.11 Å². The number of non-ortho nitro benzene ring substituents is 1. The van der Waals surface area contributed by atoms with Crippen LogP contribution in [0.4, 0.5) is 11.4 Å². The van der Waals surface area contributed by atoms with Gasteiger partial charge in [-0.05, 0) is 6.07 Å². The first-order chi connectivity index (χ1) is 8.13. The Morgan fingerprint density at radius 3 is 2.88 bits per heavy atom. The molecule has 0 aliphatic heterocycles. The highest BCUT2D eigenvalue weighted by Crippen LogP contribution is 2.16. The van der Waals surface area contributed by atoms with Crippen molar-refractivity contribution < 1.29 is 14.8 Å². The molecular weight excluding hydrogens is 226 g/mol. The molecule has 1 amide bonds. The van der Waals surface area contributed by atoms with E-state index in [0.29, 0.717) is 5.69 Å². The molecule has 1 rings (SSSR count). The topological polar surface area (TPSA) is 104 Å². The van der Waals surface area contributed by atoms with E-state index < -0.39 is 4.92 Å². The Morgan fingerprint density at radius 1 is 1.47 bits per heavy atom. The Bertz CT molecular complexity index is 408. The highest BCUT2D eigenvalue weighted by atomic mass is 16.6. The summed E-state index contributed by atoms with van der Waals surface area (Å²) < 4.78 is 0. The van der Waals surface area contributed by atoms with Crippen molar-refractivity contribution in [2.75, 3.05) is 25.0 Å². The largest absolute Gasteiger partial charge is 0.395 e. The van der Waals surface area contributed by atoms with Crippen LogP contribution in [0.3, 0.4) is 0 Å². The summed E-state index contributed by atoms with van der Waals surface area (Å²) in [5.74, 6) is -0.287. The Labute approximate surface area is 97.6 Å². The number of nitrogens with zero attached hydrogens (tertiary/aromatic N) is 1. The standard InChI is InChI=1S/C10H13N3O4/c14-5-4-11-10(15)7-12-8-2-1-3-9(6-8)13(16)17/h1-3,6,12,14H,4-5,7H2,(H,11,15). The average Bonchev–Trinajstić information content (AvgIpc) is 2.34. The molecule has 0 fully saturated rings. The van der Waals surface area contributed by atoms with Gasteiger partial charge in [-0.25, -0.2) is 0 Å². The summed E-state index contributed by atoms with van der Waals surface area (Å²) in [5, 5.41) is 24.2. The molecule has 0 saturated heterocycles. The lowest BCUT2D eigenvalue weighted by atomic mass is 10.3. The quantitative estimate of drug-likeness (QED) is 0.483. The zero-order valence-corrected chi connectivity index (χ0v) is 9.05. The van der Waals surface area contributed by atoms with Crippen molar-refractivity contribution in [1.29, 1.82) is 0 Å². The molecule has 1 aromatic carbocycles. The molecule has 17 heavy (non-hydrogen) atoms. The molecule has 0 aliphatic carbocycles. The van der Waals surface area contributed by atoms with Crippen LogP contribution in [0.25, 0.3) is 0 Å². The lowest BCUT2D eigenvalue weighted by Gasteiger charge is -2.06. The highest BCUT2D eigenvalue weighted by molar-refractivity contribution is 5.80. The number of anilines is 1. The van der Waals surface area contributed by atoms with E-state index in [9.17, 15) is 14.9 Å². The third-order valence-corrected chi connectivity index (χ3v) is 1.94. The molecule has 1 aromatic rings. The number of carbonyl (C=O) groups is 1. The lowest BCUT2D eigenvalue weighted by Crippen LogP contribution is -2.31. The second-order valence-corrected chi connectivity index (χ2v) is 3.23. The molecule has 7 nitrogen and oxygen atoms in total. The third kappa shape index (κ3) is 4.47. The van der Waals surface area contributed by atoms with Gasteiger partial charge < -0.3 is 15.7 Å². The SMILES string of the molecule is O=C(CNc1cccc([N+](=O)[O-])c1)NCCO. The van der Waals surface area contributed by atoms with Crippen molar-refractivity contribution in [3.8, 4) is 0 Å². The third-order valence-electron chi connectivity index (χ3n) is 1.94. The zero-order valence-electron chi connectivity index (χ0n) is 9.05. The zero-order chi connectivity index (χ0) is 12.7. The lowest BCUT2D eigenvalue weighted by molar-refractivity contribution is -0.384. The van der Waals surface area contributed by atoms with Crippen molar-refractivity contribution in [3.05, 3.63) is 34.4 Å². The smallest absolute Gasteiger partial charge is 0.271 e. The van der Waals surface area contributed by atoms with E-state index in [-0.39, 0.29) is 31.3 Å². The number of rotatable bonds is 6. The van der Waals surface area contributed by atoms with Gasteiger partial charge in [0.2, 0.25) is 5.91 Å². The van der Waals surface area contributed by atoms with Crippen LogP contribution in [-0.4, -0.2) is 35.6 Å². The minimum atomic E-state index is -0.503. The number of nitro groups is 1. The summed E-state index contributed by atoms with van der Waals surface area (Å²) in [6.07, 6.45) is 0. The van der Waals surface area contributed by atoms with Gasteiger partial charge in [0.1, 0.15) is 0 Å². The van der Waals surface area contributed by atoms with E-state index in [2.05, 4.69) is 10.6 Å². The maximum Gasteiger partial charge on any atom is 0.271 e. The number of hydrogen-bond acceptors (Lipinski definition) is 5. The second kappa shape index (κ2) is 6.44. The Morgan fingerprint density at radius 2 is 2.24 bits per heavy atom. The van der Waals surface area contributed by atoms with Crippen LogP contribution in [0.5, 0.6) is 0 Å². The minimum absolute atomic E-state index is 0.00116. The first-order valence-corrected chi connectivity index (χ1v) is 4.99. The molecule has 0 aliphatic rings. The molecule has 3 N–H and O–H groups in total. The number of aliphatic hydroxyl groups excluding tert-OH is 1. The molecular formula is C10H13N3O4. The number of benzene rings is 1. The van der Waals surface area contributed by atoms with Crippen molar-refractivity contribution in [1.82, 2.24) is 5.32 Å². The van der Waals surface area contributed by atoms with Crippen LogP contribution in [0.15, 0.2) is 24.3 Å². The van der Waals surface area contributed by atoms with Crippen LogP contribution in [0.1, 0.15) is 0 Å². The molecule has 0 atom stereocenters. The van der Waals surface area contributed by atoms with Crippen LogP contribution in [0, 0.1) is 10.1 Å². The minimum Gasteiger partial charge on any atom is -0.395 e. The molecule has 0 heterocycles. The number of nitrogens with one attached hydrogen (secondary N) is 2. The van der Waals surface area contributed by atoms with Gasteiger partial charge in [-0.1, -0.05) is 6.07 Å². The van der Waals surface area contributed by atoms with Crippen molar-refractivity contribution in [2.24, 2.45) is 0 Å². The highest BCUT2D eigenvalue weighted by Gasteiger charge is 2.06. The molecule has 7 heteroatoms. The second-order valence-electron chi connectivity index (χ2n) is 3.23. The number of amides is 1. The van der Waals surface area contributed by atoms with E-state index in [1.165, 1.54) is 18.2 Å². The first kappa shape index (κ1) is 12.9. The fourth-order valence-electron chi connectivity index (χ4n) is 1.17. The fraction of sp³-hybridized carbons (Fsp3) is 0.300. The van der Waals surface area contributed by atoms with E-state index >= 15 is 0 Å². The number of nitro benzene ring substituents is 1. The molecule has 0 radical (unpaired) electrons. The van der Waals surface area contributed by atoms with E-state index in [1.54, 1.807) is 6.07 Å². The summed E-state index contributed by atoms with van der Waals surface area (Å²) in [7, 11) is 0. The summed E-state index contributed by atoms with van der Waals surface area (Å²) >= 11 is 0.